The van der Waals surface area contributed by atoms with Crippen molar-refractivity contribution in [2.45, 2.75) is 29.9 Å². The third-order valence-corrected chi connectivity index (χ3v) is 9.17. The van der Waals surface area contributed by atoms with Gasteiger partial charge in [-0.2, -0.15) is 0 Å². The quantitative estimate of drug-likeness (QED) is 0.0949. The molecule has 48 heavy (non-hydrogen) atoms. The van der Waals surface area contributed by atoms with Crippen molar-refractivity contribution in [1.82, 2.24) is 5.32 Å². The van der Waals surface area contributed by atoms with E-state index in [2.05, 4.69) is 29.8 Å². The van der Waals surface area contributed by atoms with Crippen LogP contribution in [-0.4, -0.2) is 17.7 Å². The van der Waals surface area contributed by atoms with Gasteiger partial charge in [-0.1, -0.05) is 110 Å². The predicted molar refractivity (Wildman–Crippen MR) is 198 cm³/mol. The zero-order chi connectivity index (χ0) is 34.0. The van der Waals surface area contributed by atoms with E-state index in [9.17, 15) is 14.4 Å². The summed E-state index contributed by atoms with van der Waals surface area (Å²) in [6.07, 6.45) is 1.65. The van der Waals surface area contributed by atoms with Crippen molar-refractivity contribution in [3.8, 4) is 0 Å². The largest absolute Gasteiger partial charge is 0.323 e. The lowest BCUT2D eigenvalue weighted by atomic mass is 10.0. The number of hydrogen-bond acceptors (Lipinski definition) is 4. The average molecular weight is 695 g/mol. The van der Waals surface area contributed by atoms with Crippen molar-refractivity contribution in [2.75, 3.05) is 10.6 Å². The maximum absolute atomic E-state index is 13.5. The summed E-state index contributed by atoms with van der Waals surface area (Å²) in [6.45, 7) is 4.22. The molecule has 0 saturated heterocycles. The molecule has 1 atom stereocenters. The van der Waals surface area contributed by atoms with E-state index < -0.39 is 17.1 Å². The van der Waals surface area contributed by atoms with Crippen LogP contribution in [0.25, 0.3) is 6.08 Å². The van der Waals surface area contributed by atoms with Crippen LogP contribution in [0.4, 0.5) is 11.4 Å². The third-order valence-electron chi connectivity index (χ3n) is 7.34. The van der Waals surface area contributed by atoms with Crippen LogP contribution in [0.2, 0.25) is 10.0 Å². The van der Waals surface area contributed by atoms with Crippen molar-refractivity contribution < 1.29 is 14.4 Å². The Morgan fingerprint density at radius 2 is 1.35 bits per heavy atom. The lowest BCUT2D eigenvalue weighted by molar-refractivity contribution is -0.116. The number of amides is 3. The zero-order valence-electron chi connectivity index (χ0n) is 26.2. The van der Waals surface area contributed by atoms with Crippen LogP contribution in [0.1, 0.15) is 52.1 Å². The molecular weight excluding hydrogens is 661 g/mol. The Morgan fingerprint density at radius 3 is 2.00 bits per heavy atom. The molecule has 0 heterocycles. The number of anilines is 2. The second-order valence-corrected chi connectivity index (χ2v) is 13.2. The third kappa shape index (κ3) is 9.38. The summed E-state index contributed by atoms with van der Waals surface area (Å²) >= 11 is 13.8. The zero-order valence-corrected chi connectivity index (χ0v) is 28.6. The normalized spacial score (nSPS) is 11.9. The molecule has 5 aromatic carbocycles. The van der Waals surface area contributed by atoms with Crippen molar-refractivity contribution >= 4 is 70.1 Å². The molecule has 0 aliphatic heterocycles. The predicted octanol–water partition coefficient (Wildman–Crippen LogP) is 10.00. The summed E-state index contributed by atoms with van der Waals surface area (Å²) in [5, 5.41) is 8.80. The lowest BCUT2D eigenvalue weighted by Crippen LogP contribution is -2.30. The van der Waals surface area contributed by atoms with Gasteiger partial charge in [0, 0.05) is 21.2 Å². The van der Waals surface area contributed by atoms with Gasteiger partial charge in [0.1, 0.15) is 10.9 Å². The summed E-state index contributed by atoms with van der Waals surface area (Å²) in [5.74, 6) is -0.777. The van der Waals surface area contributed by atoms with Gasteiger partial charge in [0.15, 0.2) is 0 Å². The second kappa shape index (κ2) is 16.3. The molecule has 0 aromatic heterocycles. The number of carbonyl (C=O) groups is 3. The van der Waals surface area contributed by atoms with E-state index in [1.165, 1.54) is 17.3 Å². The highest BCUT2D eigenvalue weighted by Crippen LogP contribution is 2.37. The fourth-order valence-electron chi connectivity index (χ4n) is 4.73. The van der Waals surface area contributed by atoms with Crippen molar-refractivity contribution in [1.29, 1.82) is 0 Å². The van der Waals surface area contributed by atoms with E-state index in [0.717, 1.165) is 16.0 Å². The van der Waals surface area contributed by atoms with E-state index in [-0.39, 0.29) is 11.6 Å². The van der Waals surface area contributed by atoms with Gasteiger partial charge in [0.05, 0.1) is 10.7 Å². The lowest BCUT2D eigenvalue weighted by Gasteiger charge is -2.18. The fourth-order valence-corrected chi connectivity index (χ4v) is 6.09. The van der Waals surface area contributed by atoms with Crippen LogP contribution >= 0.6 is 35.0 Å². The molecule has 9 heteroatoms. The molecule has 5 rings (SSSR count). The smallest absolute Gasteiger partial charge is 0.272 e. The van der Waals surface area contributed by atoms with Gasteiger partial charge in [-0.3, -0.25) is 14.4 Å². The van der Waals surface area contributed by atoms with Crippen molar-refractivity contribution in [2.24, 2.45) is 0 Å². The maximum atomic E-state index is 13.5. The molecule has 242 valence electrons. The van der Waals surface area contributed by atoms with Crippen LogP contribution in [-0.2, 0) is 9.59 Å². The highest BCUT2D eigenvalue weighted by atomic mass is 35.5. The molecule has 6 nitrogen and oxygen atoms in total. The van der Waals surface area contributed by atoms with E-state index in [1.807, 2.05) is 72.8 Å². The van der Waals surface area contributed by atoms with Crippen LogP contribution in [0.5, 0.6) is 0 Å². The topological polar surface area (TPSA) is 87.3 Å². The molecule has 0 radical (unpaired) electrons. The number of rotatable bonds is 11. The Balaban J connectivity index is 1.34. The summed E-state index contributed by atoms with van der Waals surface area (Å²) in [7, 11) is 0. The minimum absolute atomic E-state index is 0.0973. The standard InChI is InChI=1S/C39H33Cl2N3O3S/c1-25(2)27-15-13-26(14-16-27)23-35(44-37(45)29-11-7-4-8-12-29)38(46)42-31-18-20-32(21-19-31)48-36(28-9-5-3-6-10-28)39(47)43-34-24-30(40)17-22-33(34)41/h3-25,36H,1-2H3,(H,42,46)(H,43,47)(H,44,45)/b35-23-. The fraction of sp³-hybridized carbons (Fsp3) is 0.103. The van der Waals surface area contributed by atoms with Gasteiger partial charge < -0.3 is 16.0 Å². The monoisotopic (exact) mass is 693 g/mol. The molecular formula is C39H33Cl2N3O3S. The Labute approximate surface area is 294 Å². The van der Waals surface area contributed by atoms with E-state index in [4.69, 9.17) is 23.2 Å². The highest BCUT2D eigenvalue weighted by molar-refractivity contribution is 8.00. The van der Waals surface area contributed by atoms with E-state index >= 15 is 0 Å². The van der Waals surface area contributed by atoms with Crippen molar-refractivity contribution in [3.63, 3.8) is 0 Å². The molecule has 0 spiro atoms. The molecule has 0 bridgehead atoms. The van der Waals surface area contributed by atoms with Crippen LogP contribution in [0, 0.1) is 0 Å². The Morgan fingerprint density at radius 1 is 0.708 bits per heavy atom. The van der Waals surface area contributed by atoms with Gasteiger partial charge >= 0.3 is 0 Å². The number of thioether (sulfide) groups is 1. The highest BCUT2D eigenvalue weighted by Gasteiger charge is 2.23. The average Bonchev–Trinajstić information content (AvgIpc) is 3.10. The van der Waals surface area contributed by atoms with Crippen LogP contribution < -0.4 is 16.0 Å². The van der Waals surface area contributed by atoms with E-state index in [0.29, 0.717) is 32.9 Å². The number of carbonyl (C=O) groups excluding carboxylic acids is 3. The molecule has 3 N–H and O–H groups in total. The first-order valence-corrected chi connectivity index (χ1v) is 16.9. The Kier molecular flexibility index (Phi) is 11.7. The Hall–Kier alpha value is -4.82. The minimum Gasteiger partial charge on any atom is -0.323 e. The van der Waals surface area contributed by atoms with E-state index in [1.54, 1.807) is 60.7 Å². The molecule has 0 saturated carbocycles. The molecule has 0 fully saturated rings. The molecule has 0 aliphatic carbocycles. The van der Waals surface area contributed by atoms with Gasteiger partial charge in [-0.05, 0) is 83.3 Å². The van der Waals surface area contributed by atoms with Crippen LogP contribution in [0.15, 0.2) is 138 Å². The summed E-state index contributed by atoms with van der Waals surface area (Å²) in [6, 6.07) is 38.0. The second-order valence-electron chi connectivity index (χ2n) is 11.2. The molecule has 3 amide bonds. The summed E-state index contributed by atoms with van der Waals surface area (Å²) in [5.41, 5.74) is 4.22. The first kappa shape index (κ1) is 34.5. The first-order chi connectivity index (χ1) is 23.2. The number of halogens is 2. The Bertz CT molecular complexity index is 1910. The SMILES string of the molecule is CC(C)c1ccc(/C=C(\NC(=O)c2ccccc2)C(=O)Nc2ccc(SC(C(=O)Nc3cc(Cl)ccc3Cl)c3ccccc3)cc2)cc1. The minimum atomic E-state index is -0.605. The van der Waals surface area contributed by atoms with Gasteiger partial charge in [-0.15, -0.1) is 11.8 Å². The number of hydrogen-bond donors (Lipinski definition) is 3. The number of nitrogens with one attached hydrogen (secondary N) is 3. The molecule has 0 aliphatic rings. The maximum Gasteiger partial charge on any atom is 0.272 e. The molecule has 1 unspecified atom stereocenters. The summed E-state index contributed by atoms with van der Waals surface area (Å²) < 4.78 is 0. The van der Waals surface area contributed by atoms with Gasteiger partial charge in [0.25, 0.3) is 11.8 Å². The number of benzene rings is 5. The summed E-state index contributed by atoms with van der Waals surface area (Å²) in [4.78, 5) is 40.9. The van der Waals surface area contributed by atoms with Gasteiger partial charge in [-0.25, -0.2) is 0 Å². The van der Waals surface area contributed by atoms with Crippen LogP contribution in [0.3, 0.4) is 0 Å². The van der Waals surface area contributed by atoms with Gasteiger partial charge in [0.2, 0.25) is 5.91 Å². The molecule has 5 aromatic rings. The van der Waals surface area contributed by atoms with Crippen molar-refractivity contribution in [3.05, 3.63) is 165 Å². The first-order valence-electron chi connectivity index (χ1n) is 15.2.